The fraction of sp³-hybridized carbons (Fsp3) is 0.364. The van der Waals surface area contributed by atoms with Gasteiger partial charge in [-0.1, -0.05) is 0 Å². The van der Waals surface area contributed by atoms with Crippen molar-refractivity contribution in [1.29, 1.82) is 0 Å². The lowest BCUT2D eigenvalue weighted by molar-refractivity contribution is 0.307. The van der Waals surface area contributed by atoms with Gasteiger partial charge < -0.3 is 9.84 Å². The van der Waals surface area contributed by atoms with Crippen LogP contribution in [0.5, 0.6) is 5.75 Å². The average molecular weight is 193 g/mol. The van der Waals surface area contributed by atoms with Gasteiger partial charge in [0.25, 0.3) is 0 Å². The fourth-order valence-corrected chi connectivity index (χ4v) is 1.04. The summed E-state index contributed by atoms with van der Waals surface area (Å²) >= 11 is 0. The van der Waals surface area contributed by atoms with Crippen LogP contribution in [0, 0.1) is 0 Å². The molecular formula is C11H15NO2. The average Bonchev–Trinajstić information content (AvgIpc) is 2.21. The molecule has 0 amide bonds. The van der Waals surface area contributed by atoms with Crippen LogP contribution in [0.15, 0.2) is 29.3 Å². The molecule has 1 aromatic rings. The first-order valence-corrected chi connectivity index (χ1v) is 4.70. The molecule has 0 saturated carbocycles. The van der Waals surface area contributed by atoms with Crippen molar-refractivity contribution in [3.05, 3.63) is 29.8 Å². The standard InChI is InChI=1S/C11H15NO2/c1-2-14-11-5-3-10(4-6-11)9-12-7-8-13/h3-6,9,13H,2,7-8H2,1H3. The molecule has 0 aliphatic rings. The first-order chi connectivity index (χ1) is 6.86. The third-order valence-electron chi connectivity index (χ3n) is 1.66. The van der Waals surface area contributed by atoms with E-state index in [9.17, 15) is 0 Å². The molecule has 0 radical (unpaired) electrons. The SMILES string of the molecule is CCOc1ccc(C=NCCO)cc1. The van der Waals surface area contributed by atoms with E-state index in [1.807, 2.05) is 31.2 Å². The third-order valence-corrected chi connectivity index (χ3v) is 1.66. The van der Waals surface area contributed by atoms with E-state index >= 15 is 0 Å². The first kappa shape index (κ1) is 10.7. The first-order valence-electron chi connectivity index (χ1n) is 4.70. The number of hydrogen-bond acceptors (Lipinski definition) is 3. The van der Waals surface area contributed by atoms with E-state index < -0.39 is 0 Å². The summed E-state index contributed by atoms with van der Waals surface area (Å²) in [5.41, 5.74) is 1.02. The lowest BCUT2D eigenvalue weighted by Gasteiger charge is -2.01. The summed E-state index contributed by atoms with van der Waals surface area (Å²) < 4.78 is 5.30. The summed E-state index contributed by atoms with van der Waals surface area (Å²) in [5.74, 6) is 0.867. The summed E-state index contributed by atoms with van der Waals surface area (Å²) in [5, 5.41) is 8.52. The topological polar surface area (TPSA) is 41.8 Å². The van der Waals surface area contributed by atoms with Gasteiger partial charge >= 0.3 is 0 Å². The molecule has 0 atom stereocenters. The lowest BCUT2D eigenvalue weighted by Crippen LogP contribution is -1.92. The van der Waals surface area contributed by atoms with Crippen molar-refractivity contribution in [2.45, 2.75) is 6.92 Å². The zero-order valence-electron chi connectivity index (χ0n) is 8.31. The van der Waals surface area contributed by atoms with Crippen LogP contribution in [0.2, 0.25) is 0 Å². The van der Waals surface area contributed by atoms with Gasteiger partial charge in [0.05, 0.1) is 19.8 Å². The Hall–Kier alpha value is -1.35. The second-order valence-electron chi connectivity index (χ2n) is 2.76. The van der Waals surface area contributed by atoms with Crippen LogP contribution in [0.3, 0.4) is 0 Å². The Morgan fingerprint density at radius 3 is 2.64 bits per heavy atom. The highest BCUT2D eigenvalue weighted by Crippen LogP contribution is 2.10. The van der Waals surface area contributed by atoms with Gasteiger partial charge in [-0.2, -0.15) is 0 Å². The lowest BCUT2D eigenvalue weighted by atomic mass is 10.2. The maximum Gasteiger partial charge on any atom is 0.119 e. The molecule has 0 spiro atoms. The van der Waals surface area contributed by atoms with Crippen LogP contribution in [0.25, 0.3) is 0 Å². The van der Waals surface area contributed by atoms with Crippen LogP contribution in [0.1, 0.15) is 12.5 Å². The van der Waals surface area contributed by atoms with E-state index in [1.165, 1.54) is 0 Å². The quantitative estimate of drug-likeness (QED) is 0.720. The Labute approximate surface area is 84.1 Å². The van der Waals surface area contributed by atoms with Gasteiger partial charge in [0.2, 0.25) is 0 Å². The Balaban J connectivity index is 2.54. The molecule has 3 nitrogen and oxygen atoms in total. The van der Waals surface area contributed by atoms with Crippen LogP contribution < -0.4 is 4.74 Å². The molecule has 0 saturated heterocycles. The van der Waals surface area contributed by atoms with Crippen molar-refractivity contribution >= 4 is 6.21 Å². The molecule has 0 fully saturated rings. The number of nitrogens with zero attached hydrogens (tertiary/aromatic N) is 1. The number of rotatable bonds is 5. The van der Waals surface area contributed by atoms with Gasteiger partial charge in [-0.05, 0) is 36.8 Å². The number of hydrogen-bond donors (Lipinski definition) is 1. The highest BCUT2D eigenvalue weighted by Gasteiger charge is 1.91. The van der Waals surface area contributed by atoms with Gasteiger partial charge in [-0.25, -0.2) is 0 Å². The predicted molar refractivity (Wildman–Crippen MR) is 57.2 cm³/mol. The summed E-state index contributed by atoms with van der Waals surface area (Å²) in [7, 11) is 0. The molecule has 14 heavy (non-hydrogen) atoms. The molecule has 3 heteroatoms. The minimum absolute atomic E-state index is 0.0908. The Bertz CT molecular complexity index is 280. The molecule has 0 aliphatic carbocycles. The zero-order valence-corrected chi connectivity index (χ0v) is 8.31. The van der Waals surface area contributed by atoms with Gasteiger partial charge in [0.15, 0.2) is 0 Å². The van der Waals surface area contributed by atoms with Crippen molar-refractivity contribution in [1.82, 2.24) is 0 Å². The van der Waals surface area contributed by atoms with Crippen molar-refractivity contribution < 1.29 is 9.84 Å². The monoisotopic (exact) mass is 193 g/mol. The largest absolute Gasteiger partial charge is 0.494 e. The second-order valence-corrected chi connectivity index (χ2v) is 2.76. The van der Waals surface area contributed by atoms with E-state index in [0.717, 1.165) is 11.3 Å². The zero-order chi connectivity index (χ0) is 10.2. The Morgan fingerprint density at radius 2 is 2.07 bits per heavy atom. The molecule has 76 valence electrons. The minimum atomic E-state index is 0.0908. The number of aliphatic hydroxyl groups excluding tert-OH is 1. The molecule has 1 aromatic carbocycles. The normalized spacial score (nSPS) is 10.7. The van der Waals surface area contributed by atoms with Crippen LogP contribution in [0.4, 0.5) is 0 Å². The van der Waals surface area contributed by atoms with Crippen LogP contribution >= 0.6 is 0 Å². The van der Waals surface area contributed by atoms with E-state index in [4.69, 9.17) is 9.84 Å². The summed E-state index contributed by atoms with van der Waals surface area (Å²) in [6.45, 7) is 3.18. The van der Waals surface area contributed by atoms with Crippen molar-refractivity contribution in [2.24, 2.45) is 4.99 Å². The molecule has 0 aromatic heterocycles. The highest BCUT2D eigenvalue weighted by molar-refractivity contribution is 5.79. The van der Waals surface area contributed by atoms with Crippen molar-refractivity contribution in [3.63, 3.8) is 0 Å². The van der Waals surface area contributed by atoms with Gasteiger partial charge in [-0.3, -0.25) is 4.99 Å². The fourth-order valence-electron chi connectivity index (χ4n) is 1.04. The molecule has 0 unspecified atom stereocenters. The van der Waals surface area contributed by atoms with Crippen molar-refractivity contribution in [3.8, 4) is 5.75 Å². The van der Waals surface area contributed by atoms with Gasteiger partial charge in [-0.15, -0.1) is 0 Å². The summed E-state index contributed by atoms with van der Waals surface area (Å²) in [6, 6.07) is 7.69. The molecule has 0 aliphatic heterocycles. The van der Waals surface area contributed by atoms with Crippen LogP contribution in [-0.2, 0) is 0 Å². The number of benzene rings is 1. The summed E-state index contributed by atoms with van der Waals surface area (Å²) in [4.78, 5) is 4.02. The van der Waals surface area contributed by atoms with Gasteiger partial charge in [0, 0.05) is 6.21 Å². The molecule has 0 bridgehead atoms. The summed E-state index contributed by atoms with van der Waals surface area (Å²) in [6.07, 6.45) is 1.74. The maximum atomic E-state index is 8.52. The predicted octanol–water partition coefficient (Wildman–Crippen LogP) is 1.50. The van der Waals surface area contributed by atoms with Crippen LogP contribution in [-0.4, -0.2) is 31.1 Å². The smallest absolute Gasteiger partial charge is 0.119 e. The van der Waals surface area contributed by atoms with Crippen molar-refractivity contribution in [2.75, 3.05) is 19.8 Å². The van der Waals surface area contributed by atoms with E-state index in [-0.39, 0.29) is 6.61 Å². The molecule has 1 rings (SSSR count). The van der Waals surface area contributed by atoms with E-state index in [1.54, 1.807) is 6.21 Å². The Kier molecular flexibility index (Phi) is 4.72. The number of aliphatic hydroxyl groups is 1. The molecule has 1 N–H and O–H groups in total. The number of aliphatic imine (C=N–C) groups is 1. The highest BCUT2D eigenvalue weighted by atomic mass is 16.5. The number of ether oxygens (including phenoxy) is 1. The third kappa shape index (κ3) is 3.58. The molecular weight excluding hydrogens is 178 g/mol. The minimum Gasteiger partial charge on any atom is -0.494 e. The maximum absolute atomic E-state index is 8.52. The second kappa shape index (κ2) is 6.16. The van der Waals surface area contributed by atoms with E-state index in [0.29, 0.717) is 13.2 Å². The van der Waals surface area contributed by atoms with E-state index in [2.05, 4.69) is 4.99 Å². The Morgan fingerprint density at radius 1 is 1.36 bits per heavy atom. The molecule has 0 heterocycles. The van der Waals surface area contributed by atoms with Gasteiger partial charge in [0.1, 0.15) is 5.75 Å².